The van der Waals surface area contributed by atoms with E-state index >= 15 is 0 Å². The van der Waals surface area contributed by atoms with Gasteiger partial charge in [0.2, 0.25) is 5.91 Å². The van der Waals surface area contributed by atoms with Crippen LogP contribution in [0.25, 0.3) is 0 Å². The molecule has 2 rings (SSSR count). The van der Waals surface area contributed by atoms with E-state index in [4.69, 9.17) is 5.73 Å². The number of halogens is 2. The molecular weight excluding hydrogens is 448 g/mol. The molecule has 1 aromatic rings. The Balaban J connectivity index is 0.00000338. The van der Waals surface area contributed by atoms with Crippen LogP contribution < -0.4 is 16.4 Å². The molecule has 0 spiro atoms. The Morgan fingerprint density at radius 1 is 1.31 bits per heavy atom. The molecule has 1 aliphatic rings. The fraction of sp³-hybridized carbons (Fsp3) is 0.556. The van der Waals surface area contributed by atoms with E-state index in [2.05, 4.69) is 27.4 Å². The molecule has 0 aliphatic carbocycles. The molecule has 0 saturated carbocycles. The van der Waals surface area contributed by atoms with E-state index in [0.29, 0.717) is 31.6 Å². The maximum Gasteiger partial charge on any atom is 0.224 e. The highest BCUT2D eigenvalue weighted by atomic mass is 127. The normalized spacial score (nSPS) is 17.6. The molecule has 4 N–H and O–H groups in total. The Morgan fingerprint density at radius 2 is 2.00 bits per heavy atom. The number of benzene rings is 1. The highest BCUT2D eigenvalue weighted by molar-refractivity contribution is 14.0. The van der Waals surface area contributed by atoms with E-state index in [1.165, 1.54) is 25.0 Å². The number of likely N-dealkylation sites (N-methyl/N-ethyl adjacent to an activating group) is 1. The molecule has 1 fully saturated rings. The molecule has 1 aromatic carbocycles. The smallest absolute Gasteiger partial charge is 0.224 e. The summed E-state index contributed by atoms with van der Waals surface area (Å²) < 4.78 is 12.8. The summed E-state index contributed by atoms with van der Waals surface area (Å²) in [6.07, 6.45) is 2.63. The van der Waals surface area contributed by atoms with E-state index in [0.717, 1.165) is 18.7 Å². The molecule has 1 aliphatic heterocycles. The molecule has 1 atom stereocenters. The molecule has 1 amide bonds. The lowest BCUT2D eigenvalue weighted by Crippen LogP contribution is -2.40. The van der Waals surface area contributed by atoms with Gasteiger partial charge in [0, 0.05) is 19.1 Å². The Morgan fingerprint density at radius 3 is 2.69 bits per heavy atom. The van der Waals surface area contributed by atoms with Gasteiger partial charge >= 0.3 is 0 Å². The number of nitrogens with two attached hydrogens (primary N) is 1. The first-order valence-electron chi connectivity index (χ1n) is 8.87. The largest absolute Gasteiger partial charge is 0.370 e. The van der Waals surface area contributed by atoms with Gasteiger partial charge in [-0.1, -0.05) is 19.1 Å². The van der Waals surface area contributed by atoms with Crippen molar-refractivity contribution in [2.75, 3.05) is 32.7 Å². The molecule has 1 unspecified atom stereocenters. The van der Waals surface area contributed by atoms with Crippen molar-refractivity contribution >= 4 is 35.8 Å². The molecule has 0 radical (unpaired) electrons. The minimum absolute atomic E-state index is 0. The van der Waals surface area contributed by atoms with Crippen molar-refractivity contribution in [1.82, 2.24) is 15.5 Å². The van der Waals surface area contributed by atoms with Gasteiger partial charge in [-0.25, -0.2) is 4.39 Å². The van der Waals surface area contributed by atoms with Gasteiger partial charge in [-0.2, -0.15) is 0 Å². The monoisotopic (exact) mass is 477 g/mol. The van der Waals surface area contributed by atoms with Crippen LogP contribution in [0.1, 0.15) is 25.3 Å². The first-order chi connectivity index (χ1) is 12.1. The number of rotatable bonds is 8. The second kappa shape index (κ2) is 12.1. The van der Waals surface area contributed by atoms with E-state index in [9.17, 15) is 9.18 Å². The van der Waals surface area contributed by atoms with Crippen molar-refractivity contribution in [2.45, 2.75) is 32.2 Å². The number of amides is 1. The number of carbonyl (C=O) groups is 1. The fourth-order valence-electron chi connectivity index (χ4n) is 3.02. The van der Waals surface area contributed by atoms with E-state index in [-0.39, 0.29) is 42.1 Å². The lowest BCUT2D eigenvalue weighted by atomic mass is 10.1. The van der Waals surface area contributed by atoms with Gasteiger partial charge < -0.3 is 16.4 Å². The van der Waals surface area contributed by atoms with E-state index < -0.39 is 0 Å². The van der Waals surface area contributed by atoms with Crippen LogP contribution in [0.4, 0.5) is 4.39 Å². The first kappa shape index (κ1) is 22.6. The summed E-state index contributed by atoms with van der Waals surface area (Å²) in [5, 5.41) is 5.81. The quantitative estimate of drug-likeness (QED) is 0.229. The van der Waals surface area contributed by atoms with Crippen molar-refractivity contribution in [1.29, 1.82) is 0 Å². The Labute approximate surface area is 171 Å². The second-order valence-electron chi connectivity index (χ2n) is 6.23. The fourth-order valence-corrected chi connectivity index (χ4v) is 3.02. The minimum Gasteiger partial charge on any atom is -0.370 e. The maximum absolute atomic E-state index is 12.8. The van der Waals surface area contributed by atoms with Crippen LogP contribution >= 0.6 is 24.0 Å². The molecular formula is C18H29FIN5O. The number of guanidine groups is 1. The lowest BCUT2D eigenvalue weighted by Gasteiger charge is -2.20. The maximum atomic E-state index is 12.8. The van der Waals surface area contributed by atoms with Crippen LogP contribution in [-0.2, 0) is 11.2 Å². The van der Waals surface area contributed by atoms with E-state index in [1.54, 1.807) is 12.1 Å². The molecule has 0 bridgehead atoms. The summed E-state index contributed by atoms with van der Waals surface area (Å²) in [7, 11) is 0. The number of hydrogen-bond acceptors (Lipinski definition) is 3. The average molecular weight is 477 g/mol. The number of likely N-dealkylation sites (tertiary alicyclic amines) is 1. The summed E-state index contributed by atoms with van der Waals surface area (Å²) in [5.41, 5.74) is 6.65. The molecule has 1 saturated heterocycles. The zero-order valence-corrected chi connectivity index (χ0v) is 17.5. The highest BCUT2D eigenvalue weighted by Crippen LogP contribution is 2.16. The molecule has 6 nitrogen and oxygen atoms in total. The zero-order chi connectivity index (χ0) is 18.1. The summed E-state index contributed by atoms with van der Waals surface area (Å²) in [6.45, 7) is 6.05. The third-order valence-corrected chi connectivity index (χ3v) is 4.41. The van der Waals surface area contributed by atoms with Gasteiger partial charge in [0.05, 0.1) is 13.0 Å². The molecule has 1 heterocycles. The van der Waals surface area contributed by atoms with Gasteiger partial charge in [-0.15, -0.1) is 24.0 Å². The summed E-state index contributed by atoms with van der Waals surface area (Å²) in [6, 6.07) is 6.41. The van der Waals surface area contributed by atoms with Gasteiger partial charge in [0.15, 0.2) is 5.96 Å². The Bertz CT molecular complexity index is 581. The van der Waals surface area contributed by atoms with Gasteiger partial charge in [-0.3, -0.25) is 14.7 Å². The number of aliphatic imine (C=N–C) groups is 1. The third-order valence-electron chi connectivity index (χ3n) is 4.41. The van der Waals surface area contributed by atoms with Crippen molar-refractivity contribution in [2.24, 2.45) is 10.7 Å². The lowest BCUT2D eigenvalue weighted by molar-refractivity contribution is -0.120. The number of hydrogen-bond donors (Lipinski definition) is 3. The summed E-state index contributed by atoms with van der Waals surface area (Å²) in [5.74, 6) is 0.00646. The second-order valence-corrected chi connectivity index (χ2v) is 6.23. The Kier molecular flexibility index (Phi) is 10.5. The van der Waals surface area contributed by atoms with Crippen LogP contribution in [-0.4, -0.2) is 55.5 Å². The van der Waals surface area contributed by atoms with Gasteiger partial charge in [0.25, 0.3) is 0 Å². The first-order valence-corrected chi connectivity index (χ1v) is 8.87. The predicted octanol–water partition coefficient (Wildman–Crippen LogP) is 1.49. The van der Waals surface area contributed by atoms with Crippen LogP contribution in [0.15, 0.2) is 29.3 Å². The molecule has 26 heavy (non-hydrogen) atoms. The third kappa shape index (κ3) is 7.86. The average Bonchev–Trinajstić information content (AvgIpc) is 3.06. The number of nitrogens with one attached hydrogen (secondary N) is 2. The highest BCUT2D eigenvalue weighted by Gasteiger charge is 2.22. The van der Waals surface area contributed by atoms with E-state index in [1.807, 2.05) is 0 Å². The summed E-state index contributed by atoms with van der Waals surface area (Å²) in [4.78, 5) is 18.6. The van der Waals surface area contributed by atoms with Crippen LogP contribution in [0.5, 0.6) is 0 Å². The number of carbonyl (C=O) groups excluding carboxylic acids is 1. The zero-order valence-electron chi connectivity index (χ0n) is 15.2. The van der Waals surface area contributed by atoms with Crippen molar-refractivity contribution in [3.8, 4) is 0 Å². The topological polar surface area (TPSA) is 82.8 Å². The molecule has 0 aromatic heterocycles. The van der Waals surface area contributed by atoms with Crippen LogP contribution in [0.2, 0.25) is 0 Å². The van der Waals surface area contributed by atoms with Gasteiger partial charge in [-0.05, 0) is 43.6 Å². The standard InChI is InChI=1S/C18H28FN5O.HI/c1-2-24-11-3-4-16(24)13-23-18(20)22-10-9-21-17(25)12-14-5-7-15(19)8-6-14;/h5-8,16H,2-4,9-13H2,1H3,(H,21,25)(H3,20,22,23);1H. The van der Waals surface area contributed by atoms with Crippen LogP contribution in [0.3, 0.4) is 0 Å². The van der Waals surface area contributed by atoms with Crippen molar-refractivity contribution < 1.29 is 9.18 Å². The van der Waals surface area contributed by atoms with Crippen LogP contribution in [0, 0.1) is 5.82 Å². The molecule has 8 heteroatoms. The van der Waals surface area contributed by atoms with Crippen molar-refractivity contribution in [3.05, 3.63) is 35.6 Å². The Hall–Kier alpha value is -1.42. The predicted molar refractivity (Wildman–Crippen MR) is 113 cm³/mol. The number of nitrogens with zero attached hydrogens (tertiary/aromatic N) is 2. The van der Waals surface area contributed by atoms with Gasteiger partial charge in [0.1, 0.15) is 5.82 Å². The minimum atomic E-state index is -0.303. The SMILES string of the molecule is CCN1CCCC1CN=C(N)NCCNC(=O)Cc1ccc(F)cc1.I. The molecule has 146 valence electrons. The summed E-state index contributed by atoms with van der Waals surface area (Å²) >= 11 is 0. The van der Waals surface area contributed by atoms with Crippen molar-refractivity contribution in [3.63, 3.8) is 0 Å².